The molecule has 2 aliphatic carbocycles. The minimum absolute atomic E-state index is 0.0747. The molecule has 36 heavy (non-hydrogen) atoms. The van der Waals surface area contributed by atoms with Gasteiger partial charge in [-0.25, -0.2) is 8.78 Å². The van der Waals surface area contributed by atoms with Crippen molar-refractivity contribution in [3.63, 3.8) is 0 Å². The van der Waals surface area contributed by atoms with Crippen LogP contribution in [0.4, 0.5) is 8.78 Å². The molecule has 6 heteroatoms. The third-order valence-electron chi connectivity index (χ3n) is 7.47. The zero-order chi connectivity index (χ0) is 24.8. The minimum Gasteiger partial charge on any atom is -0.488 e. The number of amides is 1. The Labute approximate surface area is 208 Å². The highest BCUT2D eigenvalue weighted by Gasteiger charge is 2.25. The third-order valence-corrected chi connectivity index (χ3v) is 7.47. The van der Waals surface area contributed by atoms with Gasteiger partial charge in [0.2, 0.25) is 0 Å². The fourth-order valence-electron chi connectivity index (χ4n) is 5.39. The van der Waals surface area contributed by atoms with E-state index in [2.05, 4.69) is 24.3 Å². The van der Waals surface area contributed by atoms with E-state index in [1.54, 1.807) is 0 Å². The molecule has 0 atom stereocenters. The molecule has 0 spiro atoms. The number of hydrogen-bond acceptors (Lipinski definition) is 2. The molecule has 4 aromatic rings. The Balaban J connectivity index is 1.52. The van der Waals surface area contributed by atoms with Crippen LogP contribution in [0, 0.1) is 11.6 Å². The summed E-state index contributed by atoms with van der Waals surface area (Å²) in [6, 6.07) is 16.1. The lowest BCUT2D eigenvalue weighted by molar-refractivity contribution is 0.0996. The Morgan fingerprint density at radius 1 is 0.889 bits per heavy atom. The highest BCUT2D eigenvalue weighted by Crippen LogP contribution is 2.42. The first kappa shape index (κ1) is 22.8. The van der Waals surface area contributed by atoms with Crippen molar-refractivity contribution in [2.75, 3.05) is 0 Å². The molecule has 1 amide bonds. The summed E-state index contributed by atoms with van der Waals surface area (Å²) >= 11 is 0. The average Bonchev–Trinajstić information content (AvgIpc) is 3.66. The third kappa shape index (κ3) is 4.15. The highest BCUT2D eigenvalue weighted by atomic mass is 19.1. The molecule has 4 nitrogen and oxygen atoms in total. The molecule has 0 radical (unpaired) electrons. The van der Waals surface area contributed by atoms with E-state index >= 15 is 4.39 Å². The summed E-state index contributed by atoms with van der Waals surface area (Å²) in [7, 11) is 0. The summed E-state index contributed by atoms with van der Waals surface area (Å²) in [5.74, 6) is -1.18. The van der Waals surface area contributed by atoms with Crippen LogP contribution < -0.4 is 10.5 Å². The van der Waals surface area contributed by atoms with Crippen LogP contribution in [0.5, 0.6) is 5.75 Å². The fraction of sp³-hybridized carbons (Fsp3) is 0.300. The molecule has 0 aliphatic heterocycles. The van der Waals surface area contributed by atoms with Gasteiger partial charge in [0.1, 0.15) is 17.4 Å². The van der Waals surface area contributed by atoms with Gasteiger partial charge >= 0.3 is 0 Å². The van der Waals surface area contributed by atoms with Gasteiger partial charge in [-0.2, -0.15) is 0 Å². The first-order valence-electron chi connectivity index (χ1n) is 12.7. The predicted molar refractivity (Wildman–Crippen MR) is 137 cm³/mol. The van der Waals surface area contributed by atoms with Crippen LogP contribution in [0.25, 0.3) is 27.7 Å². The minimum atomic E-state index is -1.00. The number of benzene rings is 3. The molecule has 6 rings (SSSR count). The van der Waals surface area contributed by atoms with Crippen LogP contribution in [0.15, 0.2) is 60.8 Å². The standard InChI is InChI=1S/C30H28F2N2O2/c31-26-16-24(30(33)35)27(32)15-23(26)25-17-34(20-13-11-19(12-14-20)18-9-10-18)29-22(25)7-4-8-28(29)36-21-5-2-1-3-6-21/h4,7-8,11-18,21H,1-3,5-6,9-10H2,(H2,33,35). The Morgan fingerprint density at radius 3 is 2.33 bits per heavy atom. The van der Waals surface area contributed by atoms with Gasteiger partial charge < -0.3 is 15.0 Å². The van der Waals surface area contributed by atoms with E-state index in [0.717, 1.165) is 60.2 Å². The number of nitrogens with two attached hydrogens (primary N) is 1. The van der Waals surface area contributed by atoms with Gasteiger partial charge in [-0.05, 0) is 80.3 Å². The molecule has 0 saturated heterocycles. The maximum Gasteiger partial charge on any atom is 0.251 e. The van der Waals surface area contributed by atoms with Crippen molar-refractivity contribution >= 4 is 16.8 Å². The quantitative estimate of drug-likeness (QED) is 0.312. The Bertz CT molecular complexity index is 1450. The SMILES string of the molecule is NC(=O)c1cc(F)c(-c2cn(-c3ccc(C4CC4)cc3)c3c(OC4CCCCC4)cccc23)cc1F. The van der Waals surface area contributed by atoms with Crippen molar-refractivity contribution in [2.45, 2.75) is 57.0 Å². The summed E-state index contributed by atoms with van der Waals surface area (Å²) in [6.45, 7) is 0. The molecule has 2 N–H and O–H groups in total. The average molecular weight is 487 g/mol. The summed E-state index contributed by atoms with van der Waals surface area (Å²) in [5, 5.41) is 0.750. The van der Waals surface area contributed by atoms with Crippen molar-refractivity contribution in [2.24, 2.45) is 5.73 Å². The van der Waals surface area contributed by atoms with Crippen LogP contribution in [0.3, 0.4) is 0 Å². The molecule has 0 bridgehead atoms. The van der Waals surface area contributed by atoms with Gasteiger partial charge in [-0.3, -0.25) is 4.79 Å². The molecular weight excluding hydrogens is 458 g/mol. The van der Waals surface area contributed by atoms with E-state index in [-0.39, 0.29) is 11.7 Å². The van der Waals surface area contributed by atoms with E-state index < -0.39 is 23.1 Å². The molecule has 3 aromatic carbocycles. The number of hydrogen-bond donors (Lipinski definition) is 1. The lowest BCUT2D eigenvalue weighted by Gasteiger charge is -2.24. The maximum atomic E-state index is 15.2. The molecule has 1 heterocycles. The summed E-state index contributed by atoms with van der Waals surface area (Å²) in [5.41, 5.74) is 8.42. The lowest BCUT2D eigenvalue weighted by Crippen LogP contribution is -2.19. The smallest absolute Gasteiger partial charge is 0.251 e. The molecule has 0 unspecified atom stereocenters. The van der Waals surface area contributed by atoms with E-state index in [1.807, 2.05) is 29.0 Å². The van der Waals surface area contributed by atoms with Crippen molar-refractivity contribution in [1.29, 1.82) is 0 Å². The van der Waals surface area contributed by atoms with E-state index in [0.29, 0.717) is 11.5 Å². The van der Waals surface area contributed by atoms with Gasteiger partial charge in [0.25, 0.3) is 5.91 Å². The van der Waals surface area contributed by atoms with Crippen molar-refractivity contribution < 1.29 is 18.3 Å². The van der Waals surface area contributed by atoms with Crippen molar-refractivity contribution in [1.82, 2.24) is 4.57 Å². The van der Waals surface area contributed by atoms with Gasteiger partial charge in [0.05, 0.1) is 17.2 Å². The summed E-state index contributed by atoms with van der Waals surface area (Å²) in [4.78, 5) is 11.5. The monoisotopic (exact) mass is 486 g/mol. The molecule has 2 saturated carbocycles. The number of carbonyl (C=O) groups excluding carboxylic acids is 1. The Morgan fingerprint density at radius 2 is 1.64 bits per heavy atom. The Kier molecular flexibility index (Phi) is 5.75. The first-order chi connectivity index (χ1) is 17.5. The van der Waals surface area contributed by atoms with Crippen molar-refractivity contribution in [3.05, 3.63) is 83.6 Å². The molecule has 184 valence electrons. The molecule has 2 fully saturated rings. The topological polar surface area (TPSA) is 57.2 Å². The number of halogens is 2. The molecular formula is C30H28F2N2O2. The van der Waals surface area contributed by atoms with Crippen LogP contribution in [0.2, 0.25) is 0 Å². The number of carbonyl (C=O) groups is 1. The van der Waals surface area contributed by atoms with Crippen LogP contribution >= 0.6 is 0 Å². The number of ether oxygens (including phenoxy) is 1. The zero-order valence-electron chi connectivity index (χ0n) is 20.0. The highest BCUT2D eigenvalue weighted by molar-refractivity contribution is 6.01. The normalized spacial score (nSPS) is 16.4. The predicted octanol–water partition coefficient (Wildman–Crippen LogP) is 7.26. The zero-order valence-corrected chi connectivity index (χ0v) is 20.0. The van der Waals surface area contributed by atoms with Gasteiger partial charge in [-0.1, -0.05) is 30.7 Å². The maximum absolute atomic E-state index is 15.2. The lowest BCUT2D eigenvalue weighted by atomic mass is 9.97. The van der Waals surface area contributed by atoms with Gasteiger partial charge in [-0.15, -0.1) is 0 Å². The number of primary amides is 1. The van der Waals surface area contributed by atoms with E-state index in [9.17, 15) is 9.18 Å². The second-order valence-corrected chi connectivity index (χ2v) is 9.98. The van der Waals surface area contributed by atoms with Crippen LogP contribution in [-0.4, -0.2) is 16.6 Å². The fourth-order valence-corrected chi connectivity index (χ4v) is 5.39. The Hall–Kier alpha value is -3.67. The van der Waals surface area contributed by atoms with Crippen molar-refractivity contribution in [3.8, 4) is 22.6 Å². The van der Waals surface area contributed by atoms with Crippen LogP contribution in [-0.2, 0) is 0 Å². The molecule has 1 aromatic heterocycles. The largest absolute Gasteiger partial charge is 0.488 e. The number of aromatic nitrogens is 1. The summed E-state index contributed by atoms with van der Waals surface area (Å²) < 4.78 is 38.4. The number of fused-ring (bicyclic) bond motifs is 1. The molecule has 2 aliphatic rings. The second-order valence-electron chi connectivity index (χ2n) is 9.98. The van der Waals surface area contributed by atoms with E-state index in [1.165, 1.54) is 24.8 Å². The van der Waals surface area contributed by atoms with E-state index in [4.69, 9.17) is 10.5 Å². The number of rotatable bonds is 6. The van der Waals surface area contributed by atoms with Gasteiger partial charge in [0.15, 0.2) is 0 Å². The number of para-hydroxylation sites is 1. The first-order valence-corrected chi connectivity index (χ1v) is 12.7. The number of nitrogens with zero attached hydrogens (tertiary/aromatic N) is 1. The van der Waals surface area contributed by atoms with Gasteiger partial charge in [0, 0.05) is 28.4 Å². The summed E-state index contributed by atoms with van der Waals surface area (Å²) in [6.07, 6.45) is 9.94. The van der Waals surface area contributed by atoms with Crippen LogP contribution in [0.1, 0.15) is 66.8 Å². The second kappa shape index (κ2) is 9.08.